The van der Waals surface area contributed by atoms with Crippen molar-refractivity contribution in [1.29, 1.82) is 0 Å². The van der Waals surface area contributed by atoms with Gasteiger partial charge < -0.3 is 25.0 Å². The van der Waals surface area contributed by atoms with E-state index in [1.54, 1.807) is 25.2 Å². The van der Waals surface area contributed by atoms with Crippen molar-refractivity contribution in [3.8, 4) is 5.75 Å². The smallest absolute Gasteiger partial charge is 0.315 e. The van der Waals surface area contributed by atoms with Gasteiger partial charge in [0.05, 0.1) is 25.8 Å². The summed E-state index contributed by atoms with van der Waals surface area (Å²) in [6.45, 7) is 2.73. The van der Waals surface area contributed by atoms with Gasteiger partial charge in [0.2, 0.25) is 5.91 Å². The molecule has 0 aliphatic carbocycles. The van der Waals surface area contributed by atoms with Gasteiger partial charge in [-0.3, -0.25) is 4.79 Å². The molecule has 0 unspecified atom stereocenters. The third-order valence-electron chi connectivity index (χ3n) is 3.62. The fourth-order valence-electron chi connectivity index (χ4n) is 2.57. The molecule has 1 aromatic carbocycles. The molecule has 1 aromatic rings. The highest BCUT2D eigenvalue weighted by atomic mass is 16.5. The molecule has 1 fully saturated rings. The van der Waals surface area contributed by atoms with Crippen LogP contribution in [0.25, 0.3) is 0 Å². The summed E-state index contributed by atoms with van der Waals surface area (Å²) in [7, 11) is 3.17. The van der Waals surface area contributed by atoms with Crippen LogP contribution in [-0.2, 0) is 9.53 Å². The fraction of sp³-hybridized carbons (Fsp3) is 0.500. The van der Waals surface area contributed by atoms with E-state index in [1.165, 1.54) is 0 Å². The lowest BCUT2D eigenvalue weighted by Crippen LogP contribution is -2.47. The van der Waals surface area contributed by atoms with Gasteiger partial charge in [-0.15, -0.1) is 0 Å². The standard InChI is InChI=1S/C16H23N3O4/c1-11(10-22-2)17-16(21)18-12-7-15(20)19(9-12)13-5-4-6-14(8-13)23-3/h4-6,8,11-12H,7,9-10H2,1-3H3,(H2,17,18,21)/t11-,12+/m1/s1. The summed E-state index contributed by atoms with van der Waals surface area (Å²) in [5.74, 6) is 0.673. The summed E-state index contributed by atoms with van der Waals surface area (Å²) in [4.78, 5) is 25.8. The molecule has 0 saturated carbocycles. The minimum absolute atomic E-state index is 0.0199. The first-order chi connectivity index (χ1) is 11.0. The highest BCUT2D eigenvalue weighted by molar-refractivity contribution is 5.97. The van der Waals surface area contributed by atoms with Crippen LogP contribution in [0.3, 0.4) is 0 Å². The van der Waals surface area contributed by atoms with Gasteiger partial charge >= 0.3 is 6.03 Å². The summed E-state index contributed by atoms with van der Waals surface area (Å²) >= 11 is 0. The monoisotopic (exact) mass is 321 g/mol. The van der Waals surface area contributed by atoms with E-state index < -0.39 is 0 Å². The Balaban J connectivity index is 1.93. The third-order valence-corrected chi connectivity index (χ3v) is 3.62. The van der Waals surface area contributed by atoms with Gasteiger partial charge in [0, 0.05) is 31.8 Å². The number of amides is 3. The van der Waals surface area contributed by atoms with E-state index in [4.69, 9.17) is 9.47 Å². The Kier molecular flexibility index (Phi) is 5.81. The Morgan fingerprint density at radius 3 is 2.91 bits per heavy atom. The molecule has 1 aliphatic rings. The van der Waals surface area contributed by atoms with E-state index in [9.17, 15) is 9.59 Å². The number of anilines is 1. The van der Waals surface area contributed by atoms with Crippen molar-refractivity contribution in [1.82, 2.24) is 10.6 Å². The third kappa shape index (κ3) is 4.59. The zero-order valence-electron chi connectivity index (χ0n) is 13.7. The number of carbonyl (C=O) groups excluding carboxylic acids is 2. The molecule has 1 saturated heterocycles. The van der Waals surface area contributed by atoms with Crippen LogP contribution in [0.2, 0.25) is 0 Å². The molecule has 3 amide bonds. The molecular formula is C16H23N3O4. The second kappa shape index (κ2) is 7.82. The van der Waals surface area contributed by atoms with Crippen molar-refractivity contribution in [3.63, 3.8) is 0 Å². The summed E-state index contributed by atoms with van der Waals surface area (Å²) in [6.07, 6.45) is 0.281. The van der Waals surface area contributed by atoms with Crippen LogP contribution in [0, 0.1) is 0 Å². The quantitative estimate of drug-likeness (QED) is 0.823. The van der Waals surface area contributed by atoms with Crippen LogP contribution >= 0.6 is 0 Å². The number of hydrogen-bond acceptors (Lipinski definition) is 4. The van der Waals surface area contributed by atoms with Crippen molar-refractivity contribution in [3.05, 3.63) is 24.3 Å². The second-order valence-electron chi connectivity index (χ2n) is 5.58. The number of urea groups is 1. The number of ether oxygens (including phenoxy) is 2. The number of nitrogens with one attached hydrogen (secondary N) is 2. The fourth-order valence-corrected chi connectivity index (χ4v) is 2.57. The van der Waals surface area contributed by atoms with E-state index in [-0.39, 0.29) is 30.4 Å². The Labute approximate surface area is 135 Å². The van der Waals surface area contributed by atoms with Crippen molar-refractivity contribution < 1.29 is 19.1 Å². The van der Waals surface area contributed by atoms with Crippen LogP contribution in [0.5, 0.6) is 5.75 Å². The molecule has 23 heavy (non-hydrogen) atoms. The maximum absolute atomic E-state index is 12.2. The predicted molar refractivity (Wildman–Crippen MR) is 86.8 cm³/mol. The first-order valence-corrected chi connectivity index (χ1v) is 7.54. The molecule has 0 spiro atoms. The largest absolute Gasteiger partial charge is 0.497 e. The molecule has 2 rings (SSSR count). The lowest BCUT2D eigenvalue weighted by Gasteiger charge is -2.19. The number of rotatable bonds is 6. The summed E-state index contributed by atoms with van der Waals surface area (Å²) in [5, 5.41) is 5.60. The topological polar surface area (TPSA) is 79.9 Å². The van der Waals surface area contributed by atoms with Gasteiger partial charge in [-0.1, -0.05) is 6.07 Å². The van der Waals surface area contributed by atoms with Crippen molar-refractivity contribution in [2.45, 2.75) is 25.4 Å². The van der Waals surface area contributed by atoms with E-state index in [0.717, 1.165) is 5.69 Å². The summed E-state index contributed by atoms with van der Waals surface area (Å²) in [6, 6.07) is 6.71. The zero-order valence-corrected chi connectivity index (χ0v) is 13.7. The van der Waals surface area contributed by atoms with Crippen LogP contribution in [0.15, 0.2) is 24.3 Å². The molecule has 7 heteroatoms. The Morgan fingerprint density at radius 1 is 1.43 bits per heavy atom. The van der Waals surface area contributed by atoms with Crippen molar-refractivity contribution in [2.24, 2.45) is 0 Å². The average Bonchev–Trinajstić information content (AvgIpc) is 2.87. The van der Waals surface area contributed by atoms with E-state index in [1.807, 2.05) is 25.1 Å². The molecule has 2 atom stereocenters. The lowest BCUT2D eigenvalue weighted by atomic mass is 10.2. The predicted octanol–water partition coefficient (Wildman–Crippen LogP) is 1.13. The minimum Gasteiger partial charge on any atom is -0.497 e. The first kappa shape index (κ1) is 17.1. The van der Waals surface area contributed by atoms with E-state index >= 15 is 0 Å². The molecule has 126 valence electrons. The average molecular weight is 321 g/mol. The first-order valence-electron chi connectivity index (χ1n) is 7.54. The SMILES string of the molecule is COC[C@@H](C)NC(=O)N[C@H]1CC(=O)N(c2cccc(OC)c2)C1. The van der Waals surface area contributed by atoms with Gasteiger partial charge in [0.25, 0.3) is 0 Å². The van der Waals surface area contributed by atoms with Gasteiger partial charge in [0.1, 0.15) is 5.75 Å². The van der Waals surface area contributed by atoms with Crippen LogP contribution in [-0.4, -0.2) is 51.4 Å². The molecule has 2 N–H and O–H groups in total. The molecule has 0 aromatic heterocycles. The normalized spacial score (nSPS) is 18.7. The van der Waals surface area contributed by atoms with Crippen LogP contribution < -0.4 is 20.3 Å². The maximum atomic E-state index is 12.2. The highest BCUT2D eigenvalue weighted by Gasteiger charge is 2.31. The molecule has 0 bridgehead atoms. The number of nitrogens with zero attached hydrogens (tertiary/aromatic N) is 1. The Hall–Kier alpha value is -2.28. The molecular weight excluding hydrogens is 298 g/mol. The van der Waals surface area contributed by atoms with Crippen molar-refractivity contribution >= 4 is 17.6 Å². The van der Waals surface area contributed by atoms with E-state index in [0.29, 0.717) is 18.9 Å². The number of carbonyl (C=O) groups is 2. The Morgan fingerprint density at radius 2 is 2.22 bits per heavy atom. The number of benzene rings is 1. The van der Waals surface area contributed by atoms with Gasteiger partial charge in [-0.25, -0.2) is 4.79 Å². The number of hydrogen-bond donors (Lipinski definition) is 2. The molecule has 1 heterocycles. The van der Waals surface area contributed by atoms with Crippen LogP contribution in [0.4, 0.5) is 10.5 Å². The summed E-state index contributed by atoms with van der Waals surface area (Å²) < 4.78 is 10.1. The highest BCUT2D eigenvalue weighted by Crippen LogP contribution is 2.25. The van der Waals surface area contributed by atoms with Gasteiger partial charge in [0.15, 0.2) is 0 Å². The maximum Gasteiger partial charge on any atom is 0.315 e. The summed E-state index contributed by atoms with van der Waals surface area (Å²) in [5.41, 5.74) is 0.770. The second-order valence-corrected chi connectivity index (χ2v) is 5.58. The van der Waals surface area contributed by atoms with Crippen LogP contribution in [0.1, 0.15) is 13.3 Å². The van der Waals surface area contributed by atoms with Gasteiger partial charge in [-0.2, -0.15) is 0 Å². The molecule has 0 radical (unpaired) electrons. The van der Waals surface area contributed by atoms with Gasteiger partial charge in [-0.05, 0) is 19.1 Å². The minimum atomic E-state index is -0.292. The van der Waals surface area contributed by atoms with Crippen molar-refractivity contribution in [2.75, 3.05) is 32.3 Å². The molecule has 7 nitrogen and oxygen atoms in total. The molecule has 1 aliphatic heterocycles. The zero-order chi connectivity index (χ0) is 16.8. The number of methoxy groups -OCH3 is 2. The Bertz CT molecular complexity index is 564. The lowest BCUT2D eigenvalue weighted by molar-refractivity contribution is -0.117. The van der Waals surface area contributed by atoms with E-state index in [2.05, 4.69) is 10.6 Å².